The summed E-state index contributed by atoms with van der Waals surface area (Å²) in [5.41, 5.74) is 12.1. The van der Waals surface area contributed by atoms with Crippen LogP contribution in [0.15, 0.2) is 205 Å². The minimum atomic E-state index is 0.865. The van der Waals surface area contributed by atoms with Gasteiger partial charge in [0.25, 0.3) is 0 Å². The lowest BCUT2D eigenvalue weighted by Crippen LogP contribution is -2.12. The molecule has 0 aliphatic carbocycles. The molecule has 3 heteroatoms. The van der Waals surface area contributed by atoms with E-state index in [0.29, 0.717) is 0 Å². The van der Waals surface area contributed by atoms with Gasteiger partial charge in [-0.3, -0.25) is 0 Å². The summed E-state index contributed by atoms with van der Waals surface area (Å²) in [6, 6.07) is 72.3. The number of fused-ring (bicyclic) bond motifs is 7. The molecule has 0 aliphatic rings. The minimum Gasteiger partial charge on any atom is -0.456 e. The average Bonchev–Trinajstić information content (AvgIpc) is 3.83. The number of hydrogen-bond donors (Lipinski definition) is 0. The van der Waals surface area contributed by atoms with Crippen molar-refractivity contribution in [2.45, 2.75) is 0 Å². The Kier molecular flexibility index (Phi) is 7.39. The second-order valence-corrected chi connectivity index (χ2v) is 15.1. The van der Waals surface area contributed by atoms with Crippen LogP contribution in [0.3, 0.4) is 0 Å². The molecule has 0 unspecified atom stereocenters. The summed E-state index contributed by atoms with van der Waals surface area (Å²) in [6.07, 6.45) is 0. The zero-order valence-corrected chi connectivity index (χ0v) is 30.6. The maximum Gasteiger partial charge on any atom is 0.137 e. The maximum absolute atomic E-state index is 6.48. The summed E-state index contributed by atoms with van der Waals surface area (Å²) < 4.78 is 9.11. The van der Waals surface area contributed by atoms with E-state index < -0.39 is 0 Å². The Bertz CT molecular complexity index is 3210. The van der Waals surface area contributed by atoms with E-state index >= 15 is 0 Å². The SMILES string of the molecule is c1ccc(-c2ccc(-c3ccc4ccccc4c3)cc2N(c2ccc(-c3cccc4c3sc3ccccc34)cc2)c2cccc3oc4ccccc4c23)cc1. The molecule has 0 fully saturated rings. The molecule has 55 heavy (non-hydrogen) atoms. The van der Waals surface area contributed by atoms with Gasteiger partial charge < -0.3 is 9.32 Å². The third-order valence-electron chi connectivity index (χ3n) is 10.9. The lowest BCUT2D eigenvalue weighted by Gasteiger charge is -2.29. The van der Waals surface area contributed by atoms with Gasteiger partial charge in [0.2, 0.25) is 0 Å². The molecule has 0 saturated heterocycles. The Hall–Kier alpha value is -6.94. The summed E-state index contributed by atoms with van der Waals surface area (Å²) >= 11 is 1.87. The summed E-state index contributed by atoms with van der Waals surface area (Å²) in [4.78, 5) is 2.43. The highest BCUT2D eigenvalue weighted by atomic mass is 32.1. The van der Waals surface area contributed by atoms with Crippen molar-refractivity contribution in [3.8, 4) is 33.4 Å². The van der Waals surface area contributed by atoms with E-state index in [1.807, 2.05) is 17.4 Å². The van der Waals surface area contributed by atoms with Gasteiger partial charge in [0.15, 0.2) is 0 Å². The first-order chi connectivity index (χ1) is 27.3. The molecule has 11 aromatic rings. The molecule has 258 valence electrons. The van der Waals surface area contributed by atoms with Crippen molar-refractivity contribution in [2.75, 3.05) is 4.90 Å². The Morgan fingerprint density at radius 3 is 1.93 bits per heavy atom. The average molecular weight is 720 g/mol. The van der Waals surface area contributed by atoms with Crippen LogP contribution in [-0.4, -0.2) is 0 Å². The van der Waals surface area contributed by atoms with Crippen LogP contribution in [0.25, 0.3) is 86.3 Å². The molecule has 0 spiro atoms. The Morgan fingerprint density at radius 1 is 0.382 bits per heavy atom. The topological polar surface area (TPSA) is 16.4 Å². The van der Waals surface area contributed by atoms with Crippen molar-refractivity contribution in [1.29, 1.82) is 0 Å². The molecular formula is C52H33NOS. The zero-order valence-electron chi connectivity index (χ0n) is 29.8. The van der Waals surface area contributed by atoms with Gasteiger partial charge in [-0.05, 0) is 87.1 Å². The molecule has 0 atom stereocenters. The second kappa shape index (κ2) is 12.9. The highest BCUT2D eigenvalue weighted by molar-refractivity contribution is 7.26. The minimum absolute atomic E-state index is 0.865. The van der Waals surface area contributed by atoms with E-state index in [4.69, 9.17) is 4.42 Å². The molecular weight excluding hydrogens is 687 g/mol. The van der Waals surface area contributed by atoms with Gasteiger partial charge in [0, 0.05) is 36.8 Å². The lowest BCUT2D eigenvalue weighted by atomic mass is 9.95. The molecule has 0 N–H and O–H groups in total. The normalized spacial score (nSPS) is 11.6. The van der Waals surface area contributed by atoms with Crippen molar-refractivity contribution in [2.24, 2.45) is 0 Å². The monoisotopic (exact) mass is 719 g/mol. The summed E-state index contributed by atoms with van der Waals surface area (Å²) in [7, 11) is 0. The van der Waals surface area contributed by atoms with Gasteiger partial charge in [-0.2, -0.15) is 0 Å². The third kappa shape index (κ3) is 5.32. The van der Waals surface area contributed by atoms with Crippen LogP contribution < -0.4 is 4.90 Å². The van der Waals surface area contributed by atoms with Gasteiger partial charge in [-0.25, -0.2) is 0 Å². The van der Waals surface area contributed by atoms with Crippen molar-refractivity contribution >= 4 is 81.3 Å². The van der Waals surface area contributed by atoms with Gasteiger partial charge in [-0.1, -0.05) is 152 Å². The fraction of sp³-hybridized carbons (Fsp3) is 0. The Balaban J connectivity index is 1.16. The molecule has 0 amide bonds. The van der Waals surface area contributed by atoms with Crippen LogP contribution in [0, 0.1) is 0 Å². The third-order valence-corrected chi connectivity index (χ3v) is 12.1. The van der Waals surface area contributed by atoms with Gasteiger partial charge in [-0.15, -0.1) is 11.3 Å². The molecule has 0 radical (unpaired) electrons. The van der Waals surface area contributed by atoms with Crippen molar-refractivity contribution in [3.63, 3.8) is 0 Å². The predicted octanol–water partition coefficient (Wildman–Crippen LogP) is 15.6. The summed E-state index contributed by atoms with van der Waals surface area (Å²) in [5.74, 6) is 0. The molecule has 2 aromatic heterocycles. The molecule has 9 aromatic carbocycles. The fourth-order valence-corrected chi connectivity index (χ4v) is 9.48. The molecule has 11 rings (SSSR count). The van der Waals surface area contributed by atoms with Crippen LogP contribution in [0.1, 0.15) is 0 Å². The molecule has 0 bridgehead atoms. The molecule has 0 saturated carbocycles. The van der Waals surface area contributed by atoms with Gasteiger partial charge >= 0.3 is 0 Å². The molecule has 2 nitrogen and oxygen atoms in total. The van der Waals surface area contributed by atoms with Crippen LogP contribution in [0.4, 0.5) is 17.1 Å². The standard InChI is InChI=1S/C52H33NOS/c1-2-13-35(14-3-1)41-31-28-39(38-25-24-34-12-4-5-15-37(34)32-38)33-47(41)53(46-20-11-22-49-51(46)45-17-6-8-21-48(45)54-49)40-29-26-36(27-30-40)42-18-10-19-44-43-16-7-9-23-50(43)55-52(42)44/h1-33H. The number of benzene rings is 9. The van der Waals surface area contributed by atoms with Gasteiger partial charge in [0.05, 0.1) is 16.8 Å². The number of hydrogen-bond acceptors (Lipinski definition) is 3. The maximum atomic E-state index is 6.48. The van der Waals surface area contributed by atoms with Crippen molar-refractivity contribution in [1.82, 2.24) is 0 Å². The largest absolute Gasteiger partial charge is 0.456 e. The van der Waals surface area contributed by atoms with Crippen LogP contribution in [-0.2, 0) is 0 Å². The number of para-hydroxylation sites is 1. The van der Waals surface area contributed by atoms with Crippen LogP contribution >= 0.6 is 11.3 Å². The first-order valence-corrected chi connectivity index (χ1v) is 19.5. The van der Waals surface area contributed by atoms with Crippen LogP contribution in [0.5, 0.6) is 0 Å². The predicted molar refractivity (Wildman–Crippen MR) is 235 cm³/mol. The van der Waals surface area contributed by atoms with Crippen molar-refractivity contribution in [3.05, 3.63) is 200 Å². The smallest absolute Gasteiger partial charge is 0.137 e. The van der Waals surface area contributed by atoms with E-state index in [-0.39, 0.29) is 0 Å². The van der Waals surface area contributed by atoms with Crippen LogP contribution in [0.2, 0.25) is 0 Å². The number of rotatable bonds is 6. The van der Waals surface area contributed by atoms with Gasteiger partial charge in [0.1, 0.15) is 11.2 Å². The highest BCUT2D eigenvalue weighted by Crippen LogP contribution is 2.48. The molecule has 2 heterocycles. The highest BCUT2D eigenvalue weighted by Gasteiger charge is 2.23. The summed E-state index contributed by atoms with van der Waals surface area (Å²) in [5, 5.41) is 7.27. The Labute approximate surface area is 322 Å². The second-order valence-electron chi connectivity index (χ2n) is 14.1. The van der Waals surface area contributed by atoms with E-state index in [1.165, 1.54) is 47.6 Å². The lowest BCUT2D eigenvalue weighted by molar-refractivity contribution is 0.669. The van der Waals surface area contributed by atoms with E-state index in [9.17, 15) is 0 Å². The van der Waals surface area contributed by atoms with Crippen molar-refractivity contribution < 1.29 is 4.42 Å². The number of nitrogens with zero attached hydrogens (tertiary/aromatic N) is 1. The fourth-order valence-electron chi connectivity index (χ4n) is 8.24. The quantitative estimate of drug-likeness (QED) is 0.170. The number of thiophene rings is 1. The number of furan rings is 1. The first kappa shape index (κ1) is 31.6. The Morgan fingerprint density at radius 2 is 1.04 bits per heavy atom. The molecule has 0 aliphatic heterocycles. The van der Waals surface area contributed by atoms with E-state index in [1.54, 1.807) is 0 Å². The first-order valence-electron chi connectivity index (χ1n) is 18.7. The zero-order chi connectivity index (χ0) is 36.3. The summed E-state index contributed by atoms with van der Waals surface area (Å²) in [6.45, 7) is 0. The van der Waals surface area contributed by atoms with E-state index in [0.717, 1.165) is 55.7 Å². The number of anilines is 3. The van der Waals surface area contributed by atoms with E-state index in [2.05, 4.69) is 199 Å².